The number of benzene rings is 1. The molecule has 4 nitrogen and oxygen atoms in total. The monoisotopic (exact) mass is 223 g/mol. The highest BCUT2D eigenvalue weighted by Gasteiger charge is 2.02. The highest BCUT2D eigenvalue weighted by atomic mass is 16.6. The van der Waals surface area contributed by atoms with Crippen LogP contribution in [0.5, 0.6) is 0 Å². The standard InChI is InChI=1S/C12H17NO3/c13-7-4-8-16-12(14)10-15-9-11-5-2-1-3-6-11/h1-3,5-6H,4,7-10,13H2. The predicted octanol–water partition coefficient (Wildman–Crippen LogP) is 1.10. The van der Waals surface area contributed by atoms with Crippen LogP contribution >= 0.6 is 0 Å². The summed E-state index contributed by atoms with van der Waals surface area (Å²) in [5, 5.41) is 0. The molecule has 0 aliphatic carbocycles. The molecule has 0 fully saturated rings. The summed E-state index contributed by atoms with van der Waals surface area (Å²) in [7, 11) is 0. The van der Waals surface area contributed by atoms with E-state index in [2.05, 4.69) is 0 Å². The van der Waals surface area contributed by atoms with Gasteiger partial charge < -0.3 is 15.2 Å². The van der Waals surface area contributed by atoms with Gasteiger partial charge in [0.25, 0.3) is 0 Å². The van der Waals surface area contributed by atoms with E-state index < -0.39 is 0 Å². The van der Waals surface area contributed by atoms with Crippen LogP contribution < -0.4 is 5.73 Å². The van der Waals surface area contributed by atoms with Gasteiger partial charge in [-0.3, -0.25) is 0 Å². The number of carbonyl (C=O) groups is 1. The van der Waals surface area contributed by atoms with Gasteiger partial charge in [0.2, 0.25) is 0 Å². The lowest BCUT2D eigenvalue weighted by Gasteiger charge is -2.05. The van der Waals surface area contributed by atoms with E-state index in [-0.39, 0.29) is 12.6 Å². The summed E-state index contributed by atoms with van der Waals surface area (Å²) in [4.78, 5) is 11.1. The SMILES string of the molecule is NCCCOC(=O)COCc1ccccc1. The molecule has 0 bridgehead atoms. The minimum absolute atomic E-state index is 0.0144. The molecule has 4 heteroatoms. The van der Waals surface area contributed by atoms with Crippen LogP contribution in [-0.4, -0.2) is 25.7 Å². The minimum atomic E-state index is -0.343. The highest BCUT2D eigenvalue weighted by Crippen LogP contribution is 2.00. The van der Waals surface area contributed by atoms with Crippen molar-refractivity contribution in [1.82, 2.24) is 0 Å². The number of esters is 1. The van der Waals surface area contributed by atoms with Crippen LogP contribution in [0.2, 0.25) is 0 Å². The molecule has 1 aromatic carbocycles. The van der Waals surface area contributed by atoms with Crippen LogP contribution in [0.4, 0.5) is 0 Å². The number of hydrogen-bond acceptors (Lipinski definition) is 4. The van der Waals surface area contributed by atoms with Crippen LogP contribution in [0.15, 0.2) is 30.3 Å². The molecule has 0 saturated carbocycles. The van der Waals surface area contributed by atoms with Crippen molar-refractivity contribution in [3.63, 3.8) is 0 Å². The van der Waals surface area contributed by atoms with Crippen LogP contribution in [0.1, 0.15) is 12.0 Å². The fourth-order valence-corrected chi connectivity index (χ4v) is 1.14. The fourth-order valence-electron chi connectivity index (χ4n) is 1.14. The highest BCUT2D eigenvalue weighted by molar-refractivity contribution is 5.70. The predicted molar refractivity (Wildman–Crippen MR) is 60.7 cm³/mol. The van der Waals surface area contributed by atoms with Gasteiger partial charge in [-0.05, 0) is 18.5 Å². The summed E-state index contributed by atoms with van der Waals surface area (Å²) in [6.45, 7) is 1.30. The third-order valence-electron chi connectivity index (χ3n) is 1.94. The zero-order valence-corrected chi connectivity index (χ0v) is 9.22. The van der Waals surface area contributed by atoms with E-state index in [1.165, 1.54) is 0 Å². The molecule has 0 heterocycles. The normalized spacial score (nSPS) is 10.1. The summed E-state index contributed by atoms with van der Waals surface area (Å²) in [5.41, 5.74) is 6.31. The number of nitrogens with two attached hydrogens (primary N) is 1. The Labute approximate surface area is 95.3 Å². The Balaban J connectivity index is 2.09. The molecule has 0 saturated heterocycles. The second kappa shape index (κ2) is 7.84. The van der Waals surface area contributed by atoms with Crippen molar-refractivity contribution in [2.45, 2.75) is 13.0 Å². The molecule has 1 rings (SSSR count). The summed E-state index contributed by atoms with van der Waals surface area (Å²) >= 11 is 0. The van der Waals surface area contributed by atoms with Gasteiger partial charge in [-0.15, -0.1) is 0 Å². The topological polar surface area (TPSA) is 61.5 Å². The molecule has 0 aromatic heterocycles. The van der Waals surface area contributed by atoms with Crippen LogP contribution in [0.3, 0.4) is 0 Å². The number of rotatable bonds is 7. The Hall–Kier alpha value is -1.39. The number of ether oxygens (including phenoxy) is 2. The van der Waals surface area contributed by atoms with Crippen molar-refractivity contribution in [1.29, 1.82) is 0 Å². The molecule has 0 aliphatic heterocycles. The summed E-state index contributed by atoms with van der Waals surface area (Å²) in [6.07, 6.45) is 0.685. The average Bonchev–Trinajstić information content (AvgIpc) is 2.31. The maximum Gasteiger partial charge on any atom is 0.332 e. The molecule has 16 heavy (non-hydrogen) atoms. The second-order valence-electron chi connectivity index (χ2n) is 3.34. The fraction of sp³-hybridized carbons (Fsp3) is 0.417. The summed E-state index contributed by atoms with van der Waals surface area (Å²) < 4.78 is 10.1. The Kier molecular flexibility index (Phi) is 6.22. The lowest BCUT2D eigenvalue weighted by molar-refractivity contribution is -0.149. The largest absolute Gasteiger partial charge is 0.464 e. The molecule has 0 aliphatic rings. The van der Waals surface area contributed by atoms with Crippen LogP contribution in [0, 0.1) is 0 Å². The lowest BCUT2D eigenvalue weighted by Crippen LogP contribution is -2.15. The first-order valence-corrected chi connectivity index (χ1v) is 5.30. The van der Waals surface area contributed by atoms with Gasteiger partial charge in [-0.1, -0.05) is 30.3 Å². The first-order chi connectivity index (χ1) is 7.83. The molecule has 0 spiro atoms. The van der Waals surface area contributed by atoms with Crippen molar-refractivity contribution in [3.05, 3.63) is 35.9 Å². The van der Waals surface area contributed by atoms with Crippen LogP contribution in [0.25, 0.3) is 0 Å². The van der Waals surface area contributed by atoms with E-state index in [4.69, 9.17) is 15.2 Å². The average molecular weight is 223 g/mol. The van der Waals surface area contributed by atoms with Crippen molar-refractivity contribution in [2.75, 3.05) is 19.8 Å². The van der Waals surface area contributed by atoms with E-state index in [0.717, 1.165) is 5.56 Å². The second-order valence-corrected chi connectivity index (χ2v) is 3.34. The van der Waals surface area contributed by atoms with Gasteiger partial charge in [-0.25, -0.2) is 4.79 Å². The summed E-state index contributed by atoms with van der Waals surface area (Å²) in [6, 6.07) is 9.68. The van der Waals surface area contributed by atoms with Crippen LogP contribution in [-0.2, 0) is 20.9 Å². The molecule has 2 N–H and O–H groups in total. The molecular formula is C12H17NO3. The van der Waals surface area contributed by atoms with Gasteiger partial charge in [0.05, 0.1) is 13.2 Å². The Morgan fingerprint density at radius 2 is 2.00 bits per heavy atom. The third-order valence-corrected chi connectivity index (χ3v) is 1.94. The maximum atomic E-state index is 11.1. The quantitative estimate of drug-likeness (QED) is 0.555. The maximum absolute atomic E-state index is 11.1. The van der Waals surface area contributed by atoms with Gasteiger partial charge in [-0.2, -0.15) is 0 Å². The first-order valence-electron chi connectivity index (χ1n) is 5.30. The zero-order valence-electron chi connectivity index (χ0n) is 9.22. The van der Waals surface area contributed by atoms with Crippen molar-refractivity contribution in [2.24, 2.45) is 5.73 Å². The molecule has 0 unspecified atom stereocenters. The Bertz CT molecular complexity index is 300. The first kappa shape index (κ1) is 12.7. The molecule has 0 radical (unpaired) electrons. The Morgan fingerprint density at radius 3 is 2.69 bits per heavy atom. The van der Waals surface area contributed by atoms with Gasteiger partial charge in [0.1, 0.15) is 6.61 Å². The van der Waals surface area contributed by atoms with E-state index in [9.17, 15) is 4.79 Å². The summed E-state index contributed by atoms with van der Waals surface area (Å²) in [5.74, 6) is -0.343. The third kappa shape index (κ3) is 5.48. The van der Waals surface area contributed by atoms with E-state index in [1.807, 2.05) is 30.3 Å². The molecular weight excluding hydrogens is 206 g/mol. The van der Waals surface area contributed by atoms with Crippen molar-refractivity contribution >= 4 is 5.97 Å². The Morgan fingerprint density at radius 1 is 1.25 bits per heavy atom. The molecule has 88 valence electrons. The van der Waals surface area contributed by atoms with E-state index in [0.29, 0.717) is 26.2 Å². The molecule has 0 atom stereocenters. The number of hydrogen-bond donors (Lipinski definition) is 1. The van der Waals surface area contributed by atoms with E-state index >= 15 is 0 Å². The van der Waals surface area contributed by atoms with Gasteiger partial charge >= 0.3 is 5.97 Å². The molecule has 0 amide bonds. The van der Waals surface area contributed by atoms with Gasteiger partial charge in [0.15, 0.2) is 0 Å². The van der Waals surface area contributed by atoms with Crippen molar-refractivity contribution < 1.29 is 14.3 Å². The minimum Gasteiger partial charge on any atom is -0.464 e. The number of carbonyl (C=O) groups excluding carboxylic acids is 1. The zero-order chi connectivity index (χ0) is 11.6. The van der Waals surface area contributed by atoms with Gasteiger partial charge in [0, 0.05) is 0 Å². The van der Waals surface area contributed by atoms with Crippen molar-refractivity contribution in [3.8, 4) is 0 Å². The van der Waals surface area contributed by atoms with E-state index in [1.54, 1.807) is 0 Å². The lowest BCUT2D eigenvalue weighted by atomic mass is 10.2. The smallest absolute Gasteiger partial charge is 0.332 e. The molecule has 1 aromatic rings.